The number of nitriles is 1. The zero-order valence-electron chi connectivity index (χ0n) is 10.9. The van der Waals surface area contributed by atoms with E-state index in [0.717, 1.165) is 12.0 Å². The van der Waals surface area contributed by atoms with Gasteiger partial charge in [0, 0.05) is 24.9 Å². The molecule has 0 aliphatic rings. The predicted molar refractivity (Wildman–Crippen MR) is 69.7 cm³/mol. The molecule has 0 aromatic carbocycles. The van der Waals surface area contributed by atoms with Gasteiger partial charge in [0.1, 0.15) is 0 Å². The van der Waals surface area contributed by atoms with Gasteiger partial charge >= 0.3 is 0 Å². The molecular weight excluding hydrogens is 226 g/mol. The summed E-state index contributed by atoms with van der Waals surface area (Å²) in [6.45, 7) is 4.00. The van der Waals surface area contributed by atoms with Gasteiger partial charge in [0.2, 0.25) is 5.91 Å². The quantitative estimate of drug-likeness (QED) is 0.836. The van der Waals surface area contributed by atoms with Crippen molar-refractivity contribution in [2.75, 3.05) is 0 Å². The van der Waals surface area contributed by atoms with Gasteiger partial charge in [0.25, 0.3) is 0 Å². The van der Waals surface area contributed by atoms with Gasteiger partial charge < -0.3 is 5.32 Å². The van der Waals surface area contributed by atoms with Crippen LogP contribution in [0.4, 0.5) is 0 Å². The Morgan fingerprint density at radius 3 is 2.72 bits per heavy atom. The standard InChI is InChI=1S/C14H19N3O/c1-3-11(2)17-14(18)5-4-13(10-15)12-6-8-16-9-7-12/h6-9,11,13H,3-5H2,1-2H3,(H,17,18). The van der Waals surface area contributed by atoms with Crippen molar-refractivity contribution in [2.24, 2.45) is 0 Å². The average Bonchev–Trinajstić information content (AvgIpc) is 2.40. The molecule has 0 aliphatic carbocycles. The van der Waals surface area contributed by atoms with Crippen molar-refractivity contribution in [3.63, 3.8) is 0 Å². The molecule has 1 N–H and O–H groups in total. The Balaban J connectivity index is 2.46. The van der Waals surface area contributed by atoms with Gasteiger partial charge in [-0.25, -0.2) is 0 Å². The fraction of sp³-hybridized carbons (Fsp3) is 0.500. The molecular formula is C14H19N3O. The van der Waals surface area contributed by atoms with Crippen LogP contribution < -0.4 is 5.32 Å². The molecule has 0 bridgehead atoms. The summed E-state index contributed by atoms with van der Waals surface area (Å²) in [6, 6.07) is 6.07. The number of rotatable bonds is 6. The molecule has 1 aromatic heterocycles. The van der Waals surface area contributed by atoms with E-state index in [1.54, 1.807) is 12.4 Å². The van der Waals surface area contributed by atoms with Crippen LogP contribution in [-0.2, 0) is 4.79 Å². The minimum atomic E-state index is -0.240. The SMILES string of the molecule is CCC(C)NC(=O)CCC(C#N)c1ccncc1. The summed E-state index contributed by atoms with van der Waals surface area (Å²) in [6.07, 6.45) is 5.17. The molecule has 4 nitrogen and oxygen atoms in total. The zero-order chi connectivity index (χ0) is 13.4. The van der Waals surface area contributed by atoms with Crippen LogP contribution in [0.2, 0.25) is 0 Å². The lowest BCUT2D eigenvalue weighted by molar-refractivity contribution is -0.121. The number of carbonyl (C=O) groups is 1. The van der Waals surface area contributed by atoms with Crippen molar-refractivity contribution in [3.8, 4) is 6.07 Å². The zero-order valence-corrected chi connectivity index (χ0v) is 10.9. The molecule has 0 fully saturated rings. The van der Waals surface area contributed by atoms with Crippen LogP contribution in [-0.4, -0.2) is 16.9 Å². The van der Waals surface area contributed by atoms with E-state index < -0.39 is 0 Å². The van der Waals surface area contributed by atoms with Crippen molar-refractivity contribution in [1.29, 1.82) is 5.26 Å². The van der Waals surface area contributed by atoms with E-state index in [1.165, 1.54) is 0 Å². The molecule has 0 saturated carbocycles. The topological polar surface area (TPSA) is 65.8 Å². The molecule has 0 aliphatic heterocycles. The van der Waals surface area contributed by atoms with E-state index in [1.807, 2.05) is 26.0 Å². The van der Waals surface area contributed by atoms with Crippen molar-refractivity contribution in [2.45, 2.75) is 45.1 Å². The molecule has 1 heterocycles. The number of nitrogens with one attached hydrogen (secondary N) is 1. The number of carbonyl (C=O) groups excluding carboxylic acids is 1. The lowest BCUT2D eigenvalue weighted by Crippen LogP contribution is -2.31. The highest BCUT2D eigenvalue weighted by atomic mass is 16.1. The Hall–Kier alpha value is -1.89. The highest BCUT2D eigenvalue weighted by molar-refractivity contribution is 5.76. The summed E-state index contributed by atoms with van der Waals surface area (Å²) in [5, 5.41) is 12.0. The van der Waals surface area contributed by atoms with Gasteiger partial charge in [0.15, 0.2) is 0 Å². The molecule has 1 amide bonds. The summed E-state index contributed by atoms with van der Waals surface area (Å²) >= 11 is 0. The van der Waals surface area contributed by atoms with Crippen molar-refractivity contribution >= 4 is 5.91 Å². The lowest BCUT2D eigenvalue weighted by atomic mass is 9.96. The average molecular weight is 245 g/mol. The van der Waals surface area contributed by atoms with Crippen LogP contribution in [0, 0.1) is 11.3 Å². The van der Waals surface area contributed by atoms with Gasteiger partial charge in [-0.05, 0) is 37.5 Å². The maximum Gasteiger partial charge on any atom is 0.220 e. The Kier molecular flexibility index (Phi) is 5.86. The number of amides is 1. The fourth-order valence-corrected chi connectivity index (χ4v) is 1.63. The van der Waals surface area contributed by atoms with E-state index in [2.05, 4.69) is 16.4 Å². The number of nitrogens with zero attached hydrogens (tertiary/aromatic N) is 2. The first-order valence-electron chi connectivity index (χ1n) is 6.26. The lowest BCUT2D eigenvalue weighted by Gasteiger charge is -2.13. The van der Waals surface area contributed by atoms with Crippen LogP contribution in [0.25, 0.3) is 0 Å². The maximum atomic E-state index is 11.6. The first kappa shape index (κ1) is 14.2. The highest BCUT2D eigenvalue weighted by Crippen LogP contribution is 2.19. The number of pyridine rings is 1. The number of hydrogen-bond donors (Lipinski definition) is 1. The summed E-state index contributed by atoms with van der Waals surface area (Å²) in [5.41, 5.74) is 0.920. The number of hydrogen-bond acceptors (Lipinski definition) is 3. The van der Waals surface area contributed by atoms with Crippen LogP contribution in [0.5, 0.6) is 0 Å². The predicted octanol–water partition coefficient (Wildman–Crippen LogP) is 2.38. The normalized spacial score (nSPS) is 13.4. The summed E-state index contributed by atoms with van der Waals surface area (Å²) < 4.78 is 0. The minimum Gasteiger partial charge on any atom is -0.354 e. The van der Waals surface area contributed by atoms with Crippen LogP contribution in [0.3, 0.4) is 0 Å². The Morgan fingerprint density at radius 1 is 1.50 bits per heavy atom. The largest absolute Gasteiger partial charge is 0.354 e. The molecule has 96 valence electrons. The monoisotopic (exact) mass is 245 g/mol. The molecule has 1 rings (SSSR count). The van der Waals surface area contributed by atoms with Gasteiger partial charge in [-0.3, -0.25) is 9.78 Å². The molecule has 4 heteroatoms. The van der Waals surface area contributed by atoms with Gasteiger partial charge in [0.05, 0.1) is 12.0 Å². The number of aromatic nitrogens is 1. The van der Waals surface area contributed by atoms with E-state index >= 15 is 0 Å². The van der Waals surface area contributed by atoms with E-state index in [-0.39, 0.29) is 17.9 Å². The molecule has 2 atom stereocenters. The van der Waals surface area contributed by atoms with E-state index in [4.69, 9.17) is 5.26 Å². The molecule has 0 spiro atoms. The summed E-state index contributed by atoms with van der Waals surface area (Å²) in [4.78, 5) is 15.6. The second-order valence-corrected chi connectivity index (χ2v) is 4.38. The van der Waals surface area contributed by atoms with Gasteiger partial charge in [-0.15, -0.1) is 0 Å². The van der Waals surface area contributed by atoms with Crippen molar-refractivity contribution < 1.29 is 4.79 Å². The third kappa shape index (κ3) is 4.54. The van der Waals surface area contributed by atoms with Crippen molar-refractivity contribution in [3.05, 3.63) is 30.1 Å². The smallest absolute Gasteiger partial charge is 0.220 e. The van der Waals surface area contributed by atoms with E-state index in [0.29, 0.717) is 12.8 Å². The van der Waals surface area contributed by atoms with Gasteiger partial charge in [-0.2, -0.15) is 5.26 Å². The minimum absolute atomic E-state index is 0.0126. The molecule has 18 heavy (non-hydrogen) atoms. The Labute approximate surface area is 108 Å². The fourth-order valence-electron chi connectivity index (χ4n) is 1.63. The van der Waals surface area contributed by atoms with Crippen molar-refractivity contribution in [1.82, 2.24) is 10.3 Å². The first-order chi connectivity index (χ1) is 8.67. The van der Waals surface area contributed by atoms with Crippen LogP contribution >= 0.6 is 0 Å². The second-order valence-electron chi connectivity index (χ2n) is 4.38. The van der Waals surface area contributed by atoms with Gasteiger partial charge in [-0.1, -0.05) is 6.92 Å². The van der Waals surface area contributed by atoms with Crippen LogP contribution in [0.1, 0.15) is 44.6 Å². The van der Waals surface area contributed by atoms with Crippen LogP contribution in [0.15, 0.2) is 24.5 Å². The Bertz CT molecular complexity index is 411. The maximum absolute atomic E-state index is 11.6. The first-order valence-corrected chi connectivity index (χ1v) is 6.26. The molecule has 0 radical (unpaired) electrons. The summed E-state index contributed by atoms with van der Waals surface area (Å²) in [7, 11) is 0. The third-order valence-electron chi connectivity index (χ3n) is 2.94. The third-order valence-corrected chi connectivity index (χ3v) is 2.94. The summed E-state index contributed by atoms with van der Waals surface area (Å²) in [5.74, 6) is -0.227. The van der Waals surface area contributed by atoms with E-state index in [9.17, 15) is 4.79 Å². The molecule has 0 saturated heterocycles. The molecule has 1 aromatic rings. The Morgan fingerprint density at radius 2 is 2.17 bits per heavy atom. The second kappa shape index (κ2) is 7.44. The highest BCUT2D eigenvalue weighted by Gasteiger charge is 2.13. The molecule has 2 unspecified atom stereocenters.